The first-order valence-electron chi connectivity index (χ1n) is 8.36. The molecule has 4 aliphatic carbocycles. The van der Waals surface area contributed by atoms with Crippen molar-refractivity contribution in [3.8, 4) is 0 Å². The Balaban J connectivity index is 1.77. The Bertz CT molecular complexity index is 627. The summed E-state index contributed by atoms with van der Waals surface area (Å²) in [6.45, 7) is 4.27. The maximum absolute atomic E-state index is 11.7. The molecule has 0 saturated heterocycles. The third-order valence-corrected chi connectivity index (χ3v) is 7.22. The van der Waals surface area contributed by atoms with Crippen LogP contribution in [0.5, 0.6) is 0 Å². The quantitative estimate of drug-likeness (QED) is 0.676. The van der Waals surface area contributed by atoms with Gasteiger partial charge in [0.05, 0.1) is 0 Å². The second-order valence-electron chi connectivity index (χ2n) is 8.08. The number of fused-ring (bicyclic) bond motifs is 5. The predicted octanol–water partition coefficient (Wildman–Crippen LogP) is 2.75. The van der Waals surface area contributed by atoms with Crippen LogP contribution in [0.3, 0.4) is 0 Å². The average molecular weight is 300 g/mol. The van der Waals surface area contributed by atoms with Crippen LogP contribution >= 0.6 is 0 Å². The Morgan fingerprint density at radius 3 is 2.59 bits per heavy atom. The maximum Gasteiger partial charge on any atom is 0.178 e. The van der Waals surface area contributed by atoms with Crippen molar-refractivity contribution in [1.82, 2.24) is 0 Å². The van der Waals surface area contributed by atoms with Gasteiger partial charge in [0.1, 0.15) is 0 Å². The summed E-state index contributed by atoms with van der Waals surface area (Å²) in [5.41, 5.74) is 0.608. The van der Waals surface area contributed by atoms with E-state index in [2.05, 4.69) is 25.2 Å². The number of aliphatic hydroxyl groups is 2. The second kappa shape index (κ2) is 4.21. The minimum absolute atomic E-state index is 0.0711. The van der Waals surface area contributed by atoms with E-state index in [0.717, 1.165) is 24.8 Å². The summed E-state index contributed by atoms with van der Waals surface area (Å²) >= 11 is 0. The van der Waals surface area contributed by atoms with Crippen molar-refractivity contribution < 1.29 is 15.0 Å². The van der Waals surface area contributed by atoms with Gasteiger partial charge in [-0.2, -0.15) is 0 Å². The van der Waals surface area contributed by atoms with E-state index in [4.69, 9.17) is 0 Å². The van der Waals surface area contributed by atoms with Gasteiger partial charge in [-0.25, -0.2) is 0 Å². The molecule has 3 nitrogen and oxygen atoms in total. The lowest BCUT2D eigenvalue weighted by Crippen LogP contribution is -2.53. The number of ketones is 1. The number of hydrogen-bond acceptors (Lipinski definition) is 3. The monoisotopic (exact) mass is 300 g/mol. The zero-order valence-electron chi connectivity index (χ0n) is 13.2. The van der Waals surface area contributed by atoms with E-state index in [-0.39, 0.29) is 11.2 Å². The van der Waals surface area contributed by atoms with Crippen LogP contribution in [0.2, 0.25) is 0 Å². The van der Waals surface area contributed by atoms with E-state index in [1.54, 1.807) is 12.2 Å². The van der Waals surface area contributed by atoms with E-state index >= 15 is 0 Å². The van der Waals surface area contributed by atoms with Gasteiger partial charge in [0.15, 0.2) is 11.6 Å². The number of allylic oxidation sites excluding steroid dienone is 6. The van der Waals surface area contributed by atoms with Crippen LogP contribution in [0.25, 0.3) is 0 Å². The van der Waals surface area contributed by atoms with E-state index in [0.29, 0.717) is 24.2 Å². The molecular formula is C19H24O3. The molecule has 22 heavy (non-hydrogen) atoms. The van der Waals surface area contributed by atoms with Crippen molar-refractivity contribution in [2.75, 3.05) is 0 Å². The Kier molecular flexibility index (Phi) is 2.76. The maximum atomic E-state index is 11.7. The van der Waals surface area contributed by atoms with Gasteiger partial charge in [0.25, 0.3) is 0 Å². The lowest BCUT2D eigenvalue weighted by molar-refractivity contribution is -0.243. The SMILES string of the molecule is C[C@]12C=CC(=O)C=C1C=C[C@@H]1[C@@H]2CC[C@@]2(C)[C@H]1CCC2(O)O. The smallest absolute Gasteiger partial charge is 0.178 e. The van der Waals surface area contributed by atoms with Crippen LogP contribution in [0.15, 0.2) is 36.0 Å². The second-order valence-corrected chi connectivity index (χ2v) is 8.08. The fourth-order valence-electron chi connectivity index (χ4n) is 5.65. The molecule has 0 spiro atoms. The topological polar surface area (TPSA) is 57.5 Å². The molecule has 0 heterocycles. The van der Waals surface area contributed by atoms with Crippen molar-refractivity contribution >= 4 is 5.78 Å². The molecule has 0 aromatic rings. The highest BCUT2D eigenvalue weighted by Gasteiger charge is 2.62. The van der Waals surface area contributed by atoms with Gasteiger partial charge in [-0.3, -0.25) is 4.79 Å². The number of hydrogen-bond donors (Lipinski definition) is 2. The Morgan fingerprint density at radius 1 is 1.09 bits per heavy atom. The molecule has 2 N–H and O–H groups in total. The van der Waals surface area contributed by atoms with Crippen molar-refractivity contribution in [3.63, 3.8) is 0 Å². The lowest BCUT2D eigenvalue weighted by atomic mass is 9.50. The van der Waals surface area contributed by atoms with Crippen LogP contribution in [-0.4, -0.2) is 21.8 Å². The summed E-state index contributed by atoms with van der Waals surface area (Å²) in [5.74, 6) is -0.352. The van der Waals surface area contributed by atoms with E-state index in [1.165, 1.54) is 0 Å². The van der Waals surface area contributed by atoms with Gasteiger partial charge in [0.2, 0.25) is 0 Å². The summed E-state index contributed by atoms with van der Waals surface area (Å²) in [6.07, 6.45) is 13.0. The van der Waals surface area contributed by atoms with Gasteiger partial charge in [0, 0.05) is 17.3 Å². The molecule has 0 aliphatic heterocycles. The van der Waals surface area contributed by atoms with Crippen molar-refractivity contribution in [2.45, 2.75) is 45.3 Å². The van der Waals surface area contributed by atoms with E-state index in [1.807, 2.05) is 6.92 Å². The average Bonchev–Trinajstić information content (AvgIpc) is 2.70. The third kappa shape index (κ3) is 1.61. The molecular weight excluding hydrogens is 276 g/mol. The number of carbonyl (C=O) groups is 1. The summed E-state index contributed by atoms with van der Waals surface area (Å²) in [4.78, 5) is 11.7. The fourth-order valence-corrected chi connectivity index (χ4v) is 5.65. The highest BCUT2D eigenvalue weighted by Crippen LogP contribution is 2.64. The zero-order chi connectivity index (χ0) is 15.8. The van der Waals surface area contributed by atoms with Gasteiger partial charge in [-0.05, 0) is 54.7 Å². The Hall–Kier alpha value is -1.19. The molecule has 0 amide bonds. The highest BCUT2D eigenvalue weighted by molar-refractivity contribution is 6.01. The summed E-state index contributed by atoms with van der Waals surface area (Å²) in [7, 11) is 0. The Morgan fingerprint density at radius 2 is 1.82 bits per heavy atom. The van der Waals surface area contributed by atoms with E-state index in [9.17, 15) is 15.0 Å². The predicted molar refractivity (Wildman–Crippen MR) is 83.7 cm³/mol. The summed E-state index contributed by atoms with van der Waals surface area (Å²) in [6, 6.07) is 0. The van der Waals surface area contributed by atoms with Crippen LogP contribution in [0.1, 0.15) is 39.5 Å². The molecule has 0 unspecified atom stereocenters. The molecule has 0 radical (unpaired) electrons. The normalized spacial score (nSPS) is 48.5. The fraction of sp³-hybridized carbons (Fsp3) is 0.632. The minimum atomic E-state index is -1.54. The molecule has 2 saturated carbocycles. The van der Waals surface area contributed by atoms with Crippen LogP contribution in [0, 0.1) is 28.6 Å². The molecule has 0 aromatic heterocycles. The molecule has 4 aliphatic rings. The summed E-state index contributed by atoms with van der Waals surface area (Å²) in [5, 5.41) is 20.9. The molecule has 4 rings (SSSR count). The lowest BCUT2D eigenvalue weighted by Gasteiger charge is -2.55. The van der Waals surface area contributed by atoms with Gasteiger partial charge in [-0.1, -0.05) is 32.1 Å². The first kappa shape index (κ1) is 14.4. The van der Waals surface area contributed by atoms with Gasteiger partial charge >= 0.3 is 0 Å². The van der Waals surface area contributed by atoms with Crippen LogP contribution in [-0.2, 0) is 4.79 Å². The standard InChI is InChI=1S/C19H24O3/c1-17-8-5-13(20)11-12(17)3-4-14-15(17)6-9-18(2)16(14)7-10-19(18,21)22/h3-5,8,11,14-16,21-22H,6-7,9-10H2,1-2H3/t14-,15+,16+,17+,18+/m1/s1. The third-order valence-electron chi connectivity index (χ3n) is 7.22. The molecule has 5 atom stereocenters. The summed E-state index contributed by atoms with van der Waals surface area (Å²) < 4.78 is 0. The van der Waals surface area contributed by atoms with Gasteiger partial charge in [-0.15, -0.1) is 0 Å². The highest BCUT2D eigenvalue weighted by atomic mass is 16.5. The first-order chi connectivity index (χ1) is 10.3. The van der Waals surface area contributed by atoms with Crippen molar-refractivity contribution in [2.24, 2.45) is 28.6 Å². The first-order valence-corrected chi connectivity index (χ1v) is 8.36. The van der Waals surface area contributed by atoms with Crippen LogP contribution < -0.4 is 0 Å². The molecule has 3 heteroatoms. The van der Waals surface area contributed by atoms with Crippen molar-refractivity contribution in [1.29, 1.82) is 0 Å². The minimum Gasteiger partial charge on any atom is -0.365 e. The molecule has 118 valence electrons. The largest absolute Gasteiger partial charge is 0.365 e. The number of rotatable bonds is 0. The van der Waals surface area contributed by atoms with Gasteiger partial charge < -0.3 is 10.2 Å². The molecule has 0 aromatic carbocycles. The van der Waals surface area contributed by atoms with Crippen LogP contribution in [0.4, 0.5) is 0 Å². The van der Waals surface area contributed by atoms with Crippen molar-refractivity contribution in [3.05, 3.63) is 36.0 Å². The van der Waals surface area contributed by atoms with E-state index < -0.39 is 11.2 Å². The molecule has 2 fully saturated rings. The molecule has 0 bridgehead atoms. The number of carbonyl (C=O) groups excluding carboxylic acids is 1. The zero-order valence-corrected chi connectivity index (χ0v) is 13.2. The Labute approximate surface area is 131 Å².